The number of thiazole rings is 1. The molecule has 0 amide bonds. The fourth-order valence-electron chi connectivity index (χ4n) is 3.13. The third-order valence-electron chi connectivity index (χ3n) is 4.68. The van der Waals surface area contributed by atoms with E-state index in [1.54, 1.807) is 0 Å². The van der Waals surface area contributed by atoms with Gasteiger partial charge < -0.3 is 5.32 Å². The normalized spacial score (nSPS) is 18.6. The molecule has 1 aromatic rings. The SMILES string of the molecule is CCNC(Cc1nc(C)c(C)s1)C(C)(C)N1CCCC1. The van der Waals surface area contributed by atoms with Crippen LogP contribution in [0.1, 0.15) is 49.2 Å². The predicted octanol–water partition coefficient (Wildman–Crippen LogP) is 3.15. The van der Waals surface area contributed by atoms with Gasteiger partial charge in [0, 0.05) is 22.9 Å². The number of hydrogen-bond acceptors (Lipinski definition) is 4. The van der Waals surface area contributed by atoms with Crippen molar-refractivity contribution in [1.82, 2.24) is 15.2 Å². The van der Waals surface area contributed by atoms with Gasteiger partial charge in [-0.3, -0.25) is 4.90 Å². The molecule has 0 bridgehead atoms. The van der Waals surface area contributed by atoms with E-state index in [0.29, 0.717) is 6.04 Å². The summed E-state index contributed by atoms with van der Waals surface area (Å²) in [6, 6.07) is 0.468. The number of nitrogens with one attached hydrogen (secondary N) is 1. The molecular weight excluding hydrogens is 266 g/mol. The lowest BCUT2D eigenvalue weighted by atomic mass is 9.90. The minimum absolute atomic E-state index is 0.194. The van der Waals surface area contributed by atoms with Crippen LogP contribution >= 0.6 is 11.3 Å². The van der Waals surface area contributed by atoms with Gasteiger partial charge in [-0.1, -0.05) is 6.92 Å². The van der Waals surface area contributed by atoms with Crippen molar-refractivity contribution in [3.05, 3.63) is 15.6 Å². The molecule has 114 valence electrons. The largest absolute Gasteiger partial charge is 0.312 e. The summed E-state index contributed by atoms with van der Waals surface area (Å²) < 4.78 is 0. The van der Waals surface area contributed by atoms with Crippen molar-refractivity contribution in [2.45, 2.75) is 65.5 Å². The van der Waals surface area contributed by atoms with Crippen molar-refractivity contribution in [3.63, 3.8) is 0 Å². The smallest absolute Gasteiger partial charge is 0.0947 e. The van der Waals surface area contributed by atoms with Crippen molar-refractivity contribution in [3.8, 4) is 0 Å². The number of likely N-dealkylation sites (N-methyl/N-ethyl adjacent to an activating group) is 1. The molecule has 0 spiro atoms. The number of hydrogen-bond donors (Lipinski definition) is 1. The Bertz CT molecular complexity index is 413. The van der Waals surface area contributed by atoms with E-state index >= 15 is 0 Å². The molecule has 4 heteroatoms. The molecule has 3 nitrogen and oxygen atoms in total. The van der Waals surface area contributed by atoms with E-state index in [1.165, 1.54) is 41.5 Å². The molecule has 0 radical (unpaired) electrons. The third kappa shape index (κ3) is 3.41. The van der Waals surface area contributed by atoms with Gasteiger partial charge in [-0.15, -0.1) is 11.3 Å². The summed E-state index contributed by atoms with van der Waals surface area (Å²) in [6.45, 7) is 14.8. The Labute approximate surface area is 127 Å². The third-order valence-corrected chi connectivity index (χ3v) is 5.77. The minimum atomic E-state index is 0.194. The first-order chi connectivity index (χ1) is 9.45. The summed E-state index contributed by atoms with van der Waals surface area (Å²) in [5, 5.41) is 4.98. The lowest BCUT2D eigenvalue weighted by Crippen LogP contribution is -2.57. The first-order valence-electron chi connectivity index (χ1n) is 7.86. The number of aryl methyl sites for hydroxylation is 2. The fraction of sp³-hybridized carbons (Fsp3) is 0.812. The van der Waals surface area contributed by atoms with Gasteiger partial charge in [-0.25, -0.2) is 4.98 Å². The van der Waals surface area contributed by atoms with E-state index in [0.717, 1.165) is 13.0 Å². The van der Waals surface area contributed by atoms with Crippen LogP contribution in [0, 0.1) is 13.8 Å². The van der Waals surface area contributed by atoms with Crippen LogP contribution in [-0.2, 0) is 6.42 Å². The zero-order valence-electron chi connectivity index (χ0n) is 13.6. The Hall–Kier alpha value is -0.450. The van der Waals surface area contributed by atoms with E-state index in [1.807, 2.05) is 11.3 Å². The maximum absolute atomic E-state index is 4.73. The minimum Gasteiger partial charge on any atom is -0.312 e. The van der Waals surface area contributed by atoms with E-state index in [2.05, 4.69) is 44.8 Å². The highest BCUT2D eigenvalue weighted by Crippen LogP contribution is 2.28. The van der Waals surface area contributed by atoms with Gasteiger partial charge in [0.25, 0.3) is 0 Å². The van der Waals surface area contributed by atoms with Crippen LogP contribution in [0.4, 0.5) is 0 Å². The molecule has 1 aromatic heterocycles. The second-order valence-corrected chi connectivity index (χ2v) is 7.70. The maximum Gasteiger partial charge on any atom is 0.0947 e. The molecule has 1 saturated heterocycles. The standard InChI is InChI=1S/C16H29N3S/c1-6-17-14(11-15-18-12(2)13(3)20-15)16(4,5)19-9-7-8-10-19/h14,17H,6-11H2,1-5H3. The Balaban J connectivity index is 2.12. The van der Waals surface area contributed by atoms with Gasteiger partial charge in [0.2, 0.25) is 0 Å². The Morgan fingerprint density at radius 2 is 1.95 bits per heavy atom. The zero-order valence-corrected chi connectivity index (χ0v) is 14.4. The van der Waals surface area contributed by atoms with Crippen LogP contribution in [-0.4, -0.2) is 41.1 Å². The lowest BCUT2D eigenvalue weighted by Gasteiger charge is -2.42. The van der Waals surface area contributed by atoms with E-state index in [9.17, 15) is 0 Å². The summed E-state index contributed by atoms with van der Waals surface area (Å²) in [7, 11) is 0. The van der Waals surface area contributed by atoms with Crippen molar-refractivity contribution >= 4 is 11.3 Å². The van der Waals surface area contributed by atoms with Crippen molar-refractivity contribution in [2.24, 2.45) is 0 Å². The molecule has 0 aliphatic carbocycles. The molecule has 1 unspecified atom stereocenters. The second-order valence-electron chi connectivity index (χ2n) is 6.41. The molecule has 1 atom stereocenters. The summed E-state index contributed by atoms with van der Waals surface area (Å²) in [6.07, 6.45) is 3.73. The average molecular weight is 295 g/mol. The van der Waals surface area contributed by atoms with E-state index in [-0.39, 0.29) is 5.54 Å². The van der Waals surface area contributed by atoms with Crippen molar-refractivity contribution < 1.29 is 0 Å². The molecule has 1 fully saturated rings. The van der Waals surface area contributed by atoms with Crippen LogP contribution in [0.15, 0.2) is 0 Å². The van der Waals surface area contributed by atoms with Gasteiger partial charge >= 0.3 is 0 Å². The first-order valence-corrected chi connectivity index (χ1v) is 8.68. The van der Waals surface area contributed by atoms with Crippen LogP contribution in [0.2, 0.25) is 0 Å². The molecule has 2 rings (SSSR count). The number of aromatic nitrogens is 1. The summed E-state index contributed by atoms with van der Waals surface area (Å²) in [5.74, 6) is 0. The van der Waals surface area contributed by atoms with Gasteiger partial charge in [-0.05, 0) is 60.2 Å². The first kappa shape index (κ1) is 15.9. The van der Waals surface area contributed by atoms with E-state index in [4.69, 9.17) is 4.98 Å². The Kier molecular flexibility index (Phi) is 5.21. The average Bonchev–Trinajstić information content (AvgIpc) is 3.00. The van der Waals surface area contributed by atoms with Gasteiger partial charge in [0.05, 0.1) is 10.7 Å². The number of rotatable bonds is 6. The molecule has 2 heterocycles. The van der Waals surface area contributed by atoms with Gasteiger partial charge in [0.1, 0.15) is 0 Å². The Morgan fingerprint density at radius 3 is 2.45 bits per heavy atom. The van der Waals surface area contributed by atoms with Crippen LogP contribution in [0.5, 0.6) is 0 Å². The zero-order chi connectivity index (χ0) is 14.8. The molecule has 1 N–H and O–H groups in total. The topological polar surface area (TPSA) is 28.2 Å². The highest BCUT2D eigenvalue weighted by atomic mass is 32.1. The molecular formula is C16H29N3S. The van der Waals surface area contributed by atoms with Crippen molar-refractivity contribution in [1.29, 1.82) is 0 Å². The van der Waals surface area contributed by atoms with Crippen LogP contribution in [0.3, 0.4) is 0 Å². The van der Waals surface area contributed by atoms with E-state index < -0.39 is 0 Å². The molecule has 20 heavy (non-hydrogen) atoms. The van der Waals surface area contributed by atoms with Crippen molar-refractivity contribution in [2.75, 3.05) is 19.6 Å². The van der Waals surface area contributed by atoms with Gasteiger partial charge in [-0.2, -0.15) is 0 Å². The molecule has 0 aromatic carbocycles. The monoisotopic (exact) mass is 295 g/mol. The number of nitrogens with zero attached hydrogens (tertiary/aromatic N) is 2. The fourth-order valence-corrected chi connectivity index (χ4v) is 4.11. The maximum atomic E-state index is 4.73. The molecule has 1 aliphatic rings. The summed E-state index contributed by atoms with van der Waals surface area (Å²) in [5.41, 5.74) is 1.39. The van der Waals surface area contributed by atoms with Gasteiger partial charge in [0.15, 0.2) is 0 Å². The molecule has 1 aliphatic heterocycles. The predicted molar refractivity (Wildman–Crippen MR) is 87.6 cm³/mol. The summed E-state index contributed by atoms with van der Waals surface area (Å²) >= 11 is 1.86. The highest BCUT2D eigenvalue weighted by Gasteiger charge is 2.36. The Morgan fingerprint density at radius 1 is 1.30 bits per heavy atom. The summed E-state index contributed by atoms with van der Waals surface area (Å²) in [4.78, 5) is 8.73. The highest BCUT2D eigenvalue weighted by molar-refractivity contribution is 7.11. The quantitative estimate of drug-likeness (QED) is 0.874. The number of likely N-dealkylation sites (tertiary alicyclic amines) is 1. The lowest BCUT2D eigenvalue weighted by molar-refractivity contribution is 0.107. The molecule has 0 saturated carbocycles. The van der Waals surface area contributed by atoms with Crippen LogP contribution in [0.25, 0.3) is 0 Å². The van der Waals surface area contributed by atoms with Crippen LogP contribution < -0.4 is 5.32 Å². The second kappa shape index (κ2) is 6.54.